The van der Waals surface area contributed by atoms with Gasteiger partial charge >= 0.3 is 6.18 Å². The molecule has 22 heavy (non-hydrogen) atoms. The van der Waals surface area contributed by atoms with Gasteiger partial charge in [0, 0.05) is 15.6 Å². The van der Waals surface area contributed by atoms with E-state index in [2.05, 4.69) is 0 Å². The number of halogens is 5. The second-order valence-corrected chi connectivity index (χ2v) is 5.46. The number of rotatable bonds is 4. The molecular weight excluding hydrogens is 338 g/mol. The van der Waals surface area contributed by atoms with Crippen LogP contribution >= 0.6 is 23.2 Å². The molecule has 0 bridgehead atoms. The third kappa shape index (κ3) is 4.29. The number of ether oxygens (including phenoxy) is 1. The van der Waals surface area contributed by atoms with Gasteiger partial charge in [0.2, 0.25) is 0 Å². The van der Waals surface area contributed by atoms with Gasteiger partial charge in [-0.05, 0) is 29.8 Å². The number of alkyl halides is 3. The summed E-state index contributed by atoms with van der Waals surface area (Å²) in [5.41, 5.74) is 5.83. The van der Waals surface area contributed by atoms with Gasteiger partial charge < -0.3 is 10.5 Å². The van der Waals surface area contributed by atoms with Crippen LogP contribution in [0.4, 0.5) is 13.2 Å². The zero-order chi connectivity index (χ0) is 16.3. The molecule has 2 rings (SSSR count). The molecule has 0 saturated carbocycles. The van der Waals surface area contributed by atoms with E-state index in [9.17, 15) is 13.2 Å². The Labute approximate surface area is 135 Å². The molecule has 0 amide bonds. The lowest BCUT2D eigenvalue weighted by atomic mass is 10.1. The third-order valence-electron chi connectivity index (χ3n) is 3.00. The zero-order valence-corrected chi connectivity index (χ0v) is 12.7. The Morgan fingerprint density at radius 1 is 1.05 bits per heavy atom. The molecule has 118 valence electrons. The van der Waals surface area contributed by atoms with E-state index in [1.807, 2.05) is 0 Å². The van der Waals surface area contributed by atoms with Crippen LogP contribution in [0.3, 0.4) is 0 Å². The molecule has 1 atom stereocenters. The molecule has 0 aliphatic carbocycles. The predicted octanol–water partition coefficient (Wildman–Crippen LogP) is 5.13. The first-order valence-electron chi connectivity index (χ1n) is 6.26. The topological polar surface area (TPSA) is 35.2 Å². The molecule has 0 heterocycles. The van der Waals surface area contributed by atoms with Gasteiger partial charge in [0.15, 0.2) is 0 Å². The molecule has 0 aliphatic heterocycles. The van der Waals surface area contributed by atoms with Crippen LogP contribution in [0.2, 0.25) is 10.0 Å². The SMILES string of the molecule is N[C@H](c1ccc(OCc2ccc(Cl)cc2Cl)cc1)C(F)(F)F. The molecule has 0 spiro atoms. The molecule has 0 radical (unpaired) electrons. The standard InChI is InChI=1S/C15H12Cl2F3NO/c16-11-4-1-10(13(17)7-11)8-22-12-5-2-9(3-6-12)14(21)15(18,19)20/h1-7,14H,8,21H2/t14-/m1/s1. The molecular formula is C15H12Cl2F3NO. The number of nitrogens with two attached hydrogens (primary N) is 1. The van der Waals surface area contributed by atoms with Gasteiger partial charge in [-0.3, -0.25) is 0 Å². The fourth-order valence-corrected chi connectivity index (χ4v) is 2.22. The van der Waals surface area contributed by atoms with Crippen LogP contribution < -0.4 is 10.5 Å². The van der Waals surface area contributed by atoms with E-state index >= 15 is 0 Å². The molecule has 2 N–H and O–H groups in total. The summed E-state index contributed by atoms with van der Waals surface area (Å²) in [4.78, 5) is 0. The second kappa shape index (κ2) is 6.77. The highest BCUT2D eigenvalue weighted by Gasteiger charge is 2.37. The molecule has 0 aliphatic rings. The smallest absolute Gasteiger partial charge is 0.407 e. The summed E-state index contributed by atoms with van der Waals surface area (Å²) < 4.78 is 43.0. The highest BCUT2D eigenvalue weighted by Crippen LogP contribution is 2.31. The average molecular weight is 350 g/mol. The van der Waals surface area contributed by atoms with Crippen LogP contribution in [-0.4, -0.2) is 6.18 Å². The lowest BCUT2D eigenvalue weighted by molar-refractivity contribution is -0.149. The summed E-state index contributed by atoms with van der Waals surface area (Å²) in [7, 11) is 0. The summed E-state index contributed by atoms with van der Waals surface area (Å²) in [5.74, 6) is 0.421. The highest BCUT2D eigenvalue weighted by molar-refractivity contribution is 6.35. The van der Waals surface area contributed by atoms with E-state index in [4.69, 9.17) is 33.7 Å². The second-order valence-electron chi connectivity index (χ2n) is 4.61. The van der Waals surface area contributed by atoms with Gasteiger partial charge in [-0.1, -0.05) is 41.4 Å². The lowest BCUT2D eigenvalue weighted by Crippen LogP contribution is -2.28. The average Bonchev–Trinajstić information content (AvgIpc) is 2.45. The first kappa shape index (κ1) is 16.9. The van der Waals surface area contributed by atoms with Gasteiger partial charge in [-0.15, -0.1) is 0 Å². The highest BCUT2D eigenvalue weighted by atomic mass is 35.5. The van der Waals surface area contributed by atoms with Crippen molar-refractivity contribution in [3.05, 3.63) is 63.6 Å². The number of hydrogen-bond donors (Lipinski definition) is 1. The van der Waals surface area contributed by atoms with Crippen LogP contribution in [0, 0.1) is 0 Å². The van der Waals surface area contributed by atoms with E-state index in [1.54, 1.807) is 18.2 Å². The third-order valence-corrected chi connectivity index (χ3v) is 3.59. The van der Waals surface area contributed by atoms with Crippen molar-refractivity contribution in [2.45, 2.75) is 18.8 Å². The van der Waals surface area contributed by atoms with Crippen molar-refractivity contribution in [3.8, 4) is 5.75 Å². The van der Waals surface area contributed by atoms with Crippen LogP contribution in [0.25, 0.3) is 0 Å². The summed E-state index contributed by atoms with van der Waals surface area (Å²) in [6.45, 7) is 0.181. The number of hydrogen-bond acceptors (Lipinski definition) is 2. The van der Waals surface area contributed by atoms with Crippen LogP contribution in [0.1, 0.15) is 17.2 Å². The lowest BCUT2D eigenvalue weighted by Gasteiger charge is -2.16. The maximum Gasteiger partial charge on any atom is 0.407 e. The first-order chi connectivity index (χ1) is 10.3. The Hall–Kier alpha value is -1.43. The van der Waals surface area contributed by atoms with Crippen molar-refractivity contribution in [1.82, 2.24) is 0 Å². The Morgan fingerprint density at radius 3 is 2.23 bits per heavy atom. The minimum atomic E-state index is -4.47. The van der Waals surface area contributed by atoms with Crippen molar-refractivity contribution < 1.29 is 17.9 Å². The fourth-order valence-electron chi connectivity index (χ4n) is 1.76. The maximum atomic E-state index is 12.5. The Bertz CT molecular complexity index is 644. The minimum Gasteiger partial charge on any atom is -0.489 e. The summed E-state index contributed by atoms with van der Waals surface area (Å²) in [6.07, 6.45) is -4.47. The van der Waals surface area contributed by atoms with E-state index < -0.39 is 12.2 Å². The van der Waals surface area contributed by atoms with Gasteiger partial charge in [-0.25, -0.2) is 0 Å². The monoisotopic (exact) mass is 349 g/mol. The van der Waals surface area contributed by atoms with Crippen molar-refractivity contribution in [3.63, 3.8) is 0 Å². The quantitative estimate of drug-likeness (QED) is 0.829. The minimum absolute atomic E-state index is 0.0237. The Kier molecular flexibility index (Phi) is 5.21. The van der Waals surface area contributed by atoms with Gasteiger partial charge in [0.1, 0.15) is 18.4 Å². The molecule has 0 aromatic heterocycles. The normalized spacial score (nSPS) is 13.0. The molecule has 2 nitrogen and oxygen atoms in total. The van der Waals surface area contributed by atoms with Gasteiger partial charge in [0.25, 0.3) is 0 Å². The molecule has 2 aromatic carbocycles. The van der Waals surface area contributed by atoms with Crippen LogP contribution in [0.15, 0.2) is 42.5 Å². The van der Waals surface area contributed by atoms with Crippen molar-refractivity contribution in [2.24, 2.45) is 5.73 Å². The molecule has 0 saturated heterocycles. The summed E-state index contributed by atoms with van der Waals surface area (Å²) in [5, 5.41) is 0.974. The molecule has 0 unspecified atom stereocenters. The van der Waals surface area contributed by atoms with Crippen molar-refractivity contribution in [1.29, 1.82) is 0 Å². The zero-order valence-electron chi connectivity index (χ0n) is 11.2. The van der Waals surface area contributed by atoms with E-state index in [0.717, 1.165) is 5.56 Å². The first-order valence-corrected chi connectivity index (χ1v) is 7.02. The predicted molar refractivity (Wildman–Crippen MR) is 80.2 cm³/mol. The van der Waals surface area contributed by atoms with Crippen molar-refractivity contribution in [2.75, 3.05) is 0 Å². The molecule has 2 aromatic rings. The van der Waals surface area contributed by atoms with Gasteiger partial charge in [-0.2, -0.15) is 13.2 Å². The summed E-state index contributed by atoms with van der Waals surface area (Å²) in [6, 6.07) is 8.43. The van der Waals surface area contributed by atoms with Crippen LogP contribution in [-0.2, 0) is 6.61 Å². The Morgan fingerprint density at radius 2 is 1.68 bits per heavy atom. The van der Waals surface area contributed by atoms with Crippen LogP contribution in [0.5, 0.6) is 5.75 Å². The Balaban J connectivity index is 2.03. The van der Waals surface area contributed by atoms with E-state index in [0.29, 0.717) is 15.8 Å². The van der Waals surface area contributed by atoms with E-state index in [1.165, 1.54) is 24.3 Å². The van der Waals surface area contributed by atoms with E-state index in [-0.39, 0.29) is 12.2 Å². The largest absolute Gasteiger partial charge is 0.489 e. The summed E-state index contributed by atoms with van der Waals surface area (Å²) >= 11 is 11.8. The fraction of sp³-hybridized carbons (Fsp3) is 0.200. The maximum absolute atomic E-state index is 12.5. The molecule has 7 heteroatoms. The molecule has 0 fully saturated rings. The van der Waals surface area contributed by atoms with Crippen molar-refractivity contribution >= 4 is 23.2 Å². The van der Waals surface area contributed by atoms with Gasteiger partial charge in [0.05, 0.1) is 0 Å². The number of benzene rings is 2.